The maximum Gasteiger partial charge on any atom is 0.257 e. The molecule has 2 N–H and O–H groups in total. The largest absolute Gasteiger partial charge is 0.482 e. The lowest BCUT2D eigenvalue weighted by molar-refractivity contribution is -0.129. The molecule has 2 atom stereocenters. The van der Waals surface area contributed by atoms with Gasteiger partial charge < -0.3 is 15.2 Å². The number of carbonyl (C=O) groups is 1. The van der Waals surface area contributed by atoms with E-state index in [1.54, 1.807) is 0 Å². The number of amides is 1. The molecule has 3 rings (SSSR count). The molecule has 1 aromatic rings. The molecule has 0 fully saturated rings. The summed E-state index contributed by atoms with van der Waals surface area (Å²) < 4.78 is 5.94. The average Bonchev–Trinajstić information content (AvgIpc) is 2.52. The van der Waals surface area contributed by atoms with Gasteiger partial charge in [0, 0.05) is 16.3 Å². The minimum absolute atomic E-state index is 0.276. The number of hydrogen-bond donors (Lipinski definition) is 2. The molecule has 2 unspecified atom stereocenters. The zero-order valence-corrected chi connectivity index (χ0v) is 13.5. The minimum Gasteiger partial charge on any atom is -0.482 e. The molecular formula is C19H21NO3. The highest BCUT2D eigenvalue weighted by atomic mass is 16.5. The van der Waals surface area contributed by atoms with Gasteiger partial charge in [0.05, 0.1) is 0 Å². The van der Waals surface area contributed by atoms with Crippen molar-refractivity contribution in [3.8, 4) is 0 Å². The molecule has 0 bridgehead atoms. The molecule has 1 aromatic carbocycles. The Morgan fingerprint density at radius 1 is 1.22 bits per heavy atom. The number of benzene rings is 1. The first-order chi connectivity index (χ1) is 10.9. The van der Waals surface area contributed by atoms with E-state index in [0.717, 1.165) is 16.0 Å². The van der Waals surface area contributed by atoms with Gasteiger partial charge in [0.25, 0.3) is 5.91 Å². The summed E-state index contributed by atoms with van der Waals surface area (Å²) in [6.07, 6.45) is 6.17. The van der Waals surface area contributed by atoms with E-state index in [0.29, 0.717) is 5.76 Å². The van der Waals surface area contributed by atoms with Gasteiger partial charge >= 0.3 is 0 Å². The van der Waals surface area contributed by atoms with Crippen LogP contribution < -0.4 is 15.8 Å². The second kappa shape index (κ2) is 5.70. The molecule has 1 aliphatic heterocycles. The summed E-state index contributed by atoms with van der Waals surface area (Å²) in [6, 6.07) is 7.67. The van der Waals surface area contributed by atoms with Crippen LogP contribution in [0.2, 0.25) is 0 Å². The summed E-state index contributed by atoms with van der Waals surface area (Å²) in [4.78, 5) is 12.3. The Morgan fingerprint density at radius 3 is 2.61 bits per heavy atom. The Balaban J connectivity index is 2.11. The quantitative estimate of drug-likeness (QED) is 0.847. The molecule has 4 nitrogen and oxygen atoms in total. The summed E-state index contributed by atoms with van der Waals surface area (Å²) in [7, 11) is 0. The number of nitrogens with one attached hydrogen (secondary N) is 1. The van der Waals surface area contributed by atoms with Crippen LogP contribution in [-0.4, -0.2) is 28.8 Å². The van der Waals surface area contributed by atoms with Crippen LogP contribution in [0.5, 0.6) is 0 Å². The second-order valence-electron chi connectivity index (χ2n) is 6.79. The van der Waals surface area contributed by atoms with Crippen molar-refractivity contribution >= 4 is 17.2 Å². The lowest BCUT2D eigenvalue weighted by atomic mass is 9.96. The molecule has 0 spiro atoms. The molecule has 1 aliphatic carbocycles. The molecule has 0 saturated heterocycles. The van der Waals surface area contributed by atoms with Crippen molar-refractivity contribution in [1.82, 2.24) is 5.32 Å². The van der Waals surface area contributed by atoms with Crippen molar-refractivity contribution in [3.63, 3.8) is 0 Å². The van der Waals surface area contributed by atoms with Crippen molar-refractivity contribution in [2.75, 3.05) is 0 Å². The van der Waals surface area contributed by atoms with Crippen molar-refractivity contribution in [3.05, 3.63) is 59.0 Å². The van der Waals surface area contributed by atoms with E-state index in [2.05, 4.69) is 5.32 Å². The number of rotatable bonds is 2. The van der Waals surface area contributed by atoms with Gasteiger partial charge in [-0.2, -0.15) is 0 Å². The van der Waals surface area contributed by atoms with Gasteiger partial charge in [-0.3, -0.25) is 4.79 Å². The topological polar surface area (TPSA) is 58.6 Å². The summed E-state index contributed by atoms with van der Waals surface area (Å²) in [5.41, 5.74) is 0.618. The number of aliphatic hydroxyl groups excluding tert-OH is 1. The van der Waals surface area contributed by atoms with Gasteiger partial charge in [-0.15, -0.1) is 0 Å². The first-order valence-electron chi connectivity index (χ1n) is 7.72. The highest BCUT2D eigenvalue weighted by Gasteiger charge is 2.30. The zero-order chi connectivity index (χ0) is 16.6. The van der Waals surface area contributed by atoms with Crippen molar-refractivity contribution < 1.29 is 14.6 Å². The fraction of sp³-hybridized carbons (Fsp3) is 0.316. The molecule has 0 radical (unpaired) electrons. The van der Waals surface area contributed by atoms with Gasteiger partial charge in [0.2, 0.25) is 0 Å². The van der Waals surface area contributed by atoms with Gasteiger partial charge in [-0.25, -0.2) is 0 Å². The number of hydrogen-bond acceptors (Lipinski definition) is 3. The maximum atomic E-state index is 12.3. The molecular weight excluding hydrogens is 290 g/mol. The first kappa shape index (κ1) is 15.6. The summed E-state index contributed by atoms with van der Waals surface area (Å²) in [6.45, 7) is 5.62. The molecule has 1 heterocycles. The third kappa shape index (κ3) is 3.08. The predicted molar refractivity (Wildman–Crippen MR) is 89.6 cm³/mol. The SMILES string of the molecule is CC(C)(C)NC(=O)C(O)C1=c2ccccc2=C2C=CC=CC2O1. The molecule has 2 aliphatic rings. The van der Waals surface area contributed by atoms with E-state index < -0.39 is 17.6 Å². The minimum atomic E-state index is -1.34. The number of ether oxygens (including phenoxy) is 1. The number of fused-ring (bicyclic) bond motifs is 2. The molecule has 0 saturated carbocycles. The van der Waals surface area contributed by atoms with E-state index in [9.17, 15) is 9.90 Å². The Hall–Kier alpha value is -2.33. The first-order valence-corrected chi connectivity index (χ1v) is 7.72. The Morgan fingerprint density at radius 2 is 1.91 bits per heavy atom. The lowest BCUT2D eigenvalue weighted by Gasteiger charge is -2.29. The average molecular weight is 311 g/mol. The second-order valence-corrected chi connectivity index (χ2v) is 6.79. The molecule has 120 valence electrons. The van der Waals surface area contributed by atoms with Crippen LogP contribution in [-0.2, 0) is 9.53 Å². The molecule has 1 amide bonds. The van der Waals surface area contributed by atoms with Gasteiger partial charge in [0.15, 0.2) is 6.10 Å². The summed E-state index contributed by atoms with van der Waals surface area (Å²) in [5.74, 6) is -0.155. The molecule has 4 heteroatoms. The van der Waals surface area contributed by atoms with E-state index in [1.807, 2.05) is 69.3 Å². The number of allylic oxidation sites excluding steroid dienone is 2. The van der Waals surface area contributed by atoms with Gasteiger partial charge in [-0.05, 0) is 32.1 Å². The summed E-state index contributed by atoms with van der Waals surface area (Å²) in [5, 5.41) is 15.1. The normalized spacial score (nSPS) is 20.4. The fourth-order valence-electron chi connectivity index (χ4n) is 2.79. The Labute approximate surface area is 135 Å². The third-order valence-corrected chi connectivity index (χ3v) is 3.73. The van der Waals surface area contributed by atoms with E-state index in [4.69, 9.17) is 4.74 Å². The van der Waals surface area contributed by atoms with Crippen LogP contribution in [0.1, 0.15) is 20.8 Å². The van der Waals surface area contributed by atoms with E-state index in [-0.39, 0.29) is 6.10 Å². The maximum absolute atomic E-state index is 12.3. The Kier molecular flexibility index (Phi) is 3.86. The monoisotopic (exact) mass is 311 g/mol. The number of aliphatic hydroxyl groups is 1. The standard InChI is InChI=1S/C19H21NO3/c1-19(2,3)20-18(22)16(21)17-14-10-5-4-8-12(14)13-9-6-7-11-15(13)23-17/h4-11,15-16,21H,1-3H3,(H,20,22). The highest BCUT2D eigenvalue weighted by Crippen LogP contribution is 2.22. The smallest absolute Gasteiger partial charge is 0.257 e. The van der Waals surface area contributed by atoms with Gasteiger partial charge in [0.1, 0.15) is 11.9 Å². The predicted octanol–water partition coefficient (Wildman–Crippen LogP) is 0.746. The fourth-order valence-corrected chi connectivity index (χ4v) is 2.79. The van der Waals surface area contributed by atoms with E-state index in [1.165, 1.54) is 0 Å². The van der Waals surface area contributed by atoms with Crippen LogP contribution in [0.15, 0.2) is 48.6 Å². The Bertz CT molecular complexity index is 812. The van der Waals surface area contributed by atoms with Gasteiger partial charge in [-0.1, -0.05) is 42.5 Å². The molecule has 23 heavy (non-hydrogen) atoms. The zero-order valence-electron chi connectivity index (χ0n) is 13.5. The van der Waals surface area contributed by atoms with Crippen LogP contribution in [0.3, 0.4) is 0 Å². The van der Waals surface area contributed by atoms with Crippen LogP contribution in [0, 0.1) is 0 Å². The van der Waals surface area contributed by atoms with Crippen molar-refractivity contribution in [2.45, 2.75) is 38.5 Å². The van der Waals surface area contributed by atoms with Crippen LogP contribution >= 0.6 is 0 Å². The van der Waals surface area contributed by atoms with E-state index >= 15 is 0 Å². The number of carbonyl (C=O) groups excluding carboxylic acids is 1. The van der Waals surface area contributed by atoms with Crippen LogP contribution in [0.4, 0.5) is 0 Å². The van der Waals surface area contributed by atoms with Crippen molar-refractivity contribution in [2.24, 2.45) is 0 Å². The molecule has 0 aromatic heterocycles. The highest BCUT2D eigenvalue weighted by molar-refractivity contribution is 5.90. The summed E-state index contributed by atoms with van der Waals surface area (Å²) >= 11 is 0. The van der Waals surface area contributed by atoms with Crippen molar-refractivity contribution in [1.29, 1.82) is 0 Å². The third-order valence-electron chi connectivity index (χ3n) is 3.73. The lowest BCUT2D eigenvalue weighted by Crippen LogP contribution is -2.49. The van der Waals surface area contributed by atoms with Crippen LogP contribution in [0.25, 0.3) is 11.3 Å².